The second-order valence-corrected chi connectivity index (χ2v) is 6.74. The number of aliphatic imine (C=N–C) groups is 1. The fraction of sp³-hybridized carbons (Fsp3) is 0.500. The first-order valence-corrected chi connectivity index (χ1v) is 9.72. The van der Waals surface area contributed by atoms with Gasteiger partial charge in [-0.3, -0.25) is 4.68 Å². The van der Waals surface area contributed by atoms with E-state index in [9.17, 15) is 0 Å². The number of methoxy groups -OCH3 is 1. The first-order chi connectivity index (χ1) is 13.1. The molecule has 2 aromatic rings. The molecule has 0 aliphatic carbocycles. The third-order valence-corrected chi connectivity index (χ3v) is 4.79. The largest absolute Gasteiger partial charge is 0.383 e. The Labute approximate surface area is 167 Å². The van der Waals surface area contributed by atoms with E-state index in [1.165, 1.54) is 0 Å². The van der Waals surface area contributed by atoms with E-state index in [-0.39, 0.29) is 0 Å². The quantitative estimate of drug-likeness (QED) is 0.509. The number of benzene rings is 1. The highest BCUT2D eigenvalue weighted by molar-refractivity contribution is 6.31. The predicted octanol–water partition coefficient (Wildman–Crippen LogP) is 3.10. The summed E-state index contributed by atoms with van der Waals surface area (Å²) in [7, 11) is 1.70. The van der Waals surface area contributed by atoms with E-state index < -0.39 is 0 Å². The van der Waals surface area contributed by atoms with Gasteiger partial charge in [0, 0.05) is 36.5 Å². The SMILES string of the molecule is CCNC(=NCc1c(C)nn(CCOC)c1C)NCCc1ccccc1Cl. The number of aromatic nitrogens is 2. The van der Waals surface area contributed by atoms with E-state index in [1.807, 2.05) is 29.8 Å². The number of ether oxygens (including phenoxy) is 1. The van der Waals surface area contributed by atoms with Gasteiger partial charge in [-0.1, -0.05) is 29.8 Å². The van der Waals surface area contributed by atoms with E-state index in [1.54, 1.807) is 7.11 Å². The van der Waals surface area contributed by atoms with Crippen molar-refractivity contribution in [3.63, 3.8) is 0 Å². The van der Waals surface area contributed by atoms with Crippen LogP contribution in [0.2, 0.25) is 5.02 Å². The molecule has 7 heteroatoms. The second kappa shape index (κ2) is 10.9. The molecule has 0 aliphatic heterocycles. The standard InChI is InChI=1S/C20H30ClN5O/c1-5-22-20(23-11-10-17-8-6-7-9-19(17)21)24-14-18-15(2)25-26(16(18)3)12-13-27-4/h6-9H,5,10-14H2,1-4H3,(H2,22,23,24). The number of rotatable bonds is 9. The maximum absolute atomic E-state index is 6.22. The predicted molar refractivity (Wildman–Crippen MR) is 112 cm³/mol. The van der Waals surface area contributed by atoms with E-state index in [2.05, 4.69) is 35.6 Å². The number of hydrogen-bond donors (Lipinski definition) is 2. The number of nitrogens with one attached hydrogen (secondary N) is 2. The van der Waals surface area contributed by atoms with Gasteiger partial charge in [-0.2, -0.15) is 5.10 Å². The van der Waals surface area contributed by atoms with Gasteiger partial charge in [-0.25, -0.2) is 4.99 Å². The summed E-state index contributed by atoms with van der Waals surface area (Å²) in [5, 5.41) is 12.1. The van der Waals surface area contributed by atoms with Crippen molar-refractivity contribution in [2.75, 3.05) is 26.8 Å². The molecule has 27 heavy (non-hydrogen) atoms. The highest BCUT2D eigenvalue weighted by atomic mass is 35.5. The summed E-state index contributed by atoms with van der Waals surface area (Å²) in [6.07, 6.45) is 0.844. The van der Waals surface area contributed by atoms with Crippen LogP contribution >= 0.6 is 11.6 Å². The zero-order valence-electron chi connectivity index (χ0n) is 16.7. The molecule has 1 aromatic heterocycles. The molecule has 148 valence electrons. The van der Waals surface area contributed by atoms with Crippen LogP contribution in [0.15, 0.2) is 29.3 Å². The van der Waals surface area contributed by atoms with Crippen LogP contribution in [0.3, 0.4) is 0 Å². The fourth-order valence-electron chi connectivity index (χ4n) is 2.87. The molecule has 0 atom stereocenters. The molecule has 0 bridgehead atoms. The van der Waals surface area contributed by atoms with Crippen molar-refractivity contribution in [1.29, 1.82) is 0 Å². The highest BCUT2D eigenvalue weighted by Gasteiger charge is 2.11. The molecule has 1 heterocycles. The van der Waals surface area contributed by atoms with E-state index >= 15 is 0 Å². The monoisotopic (exact) mass is 391 g/mol. The molecule has 0 saturated carbocycles. The molecule has 0 fully saturated rings. The smallest absolute Gasteiger partial charge is 0.191 e. The number of nitrogens with zero attached hydrogens (tertiary/aromatic N) is 3. The number of halogens is 1. The zero-order valence-corrected chi connectivity index (χ0v) is 17.4. The lowest BCUT2D eigenvalue weighted by Gasteiger charge is -2.12. The summed E-state index contributed by atoms with van der Waals surface area (Å²) in [5.74, 6) is 0.799. The third-order valence-electron chi connectivity index (χ3n) is 4.42. The summed E-state index contributed by atoms with van der Waals surface area (Å²) in [5.41, 5.74) is 4.45. The lowest BCUT2D eigenvalue weighted by molar-refractivity contribution is 0.182. The molecule has 0 radical (unpaired) electrons. The Kier molecular flexibility index (Phi) is 8.61. The highest BCUT2D eigenvalue weighted by Crippen LogP contribution is 2.15. The van der Waals surface area contributed by atoms with E-state index in [0.29, 0.717) is 13.2 Å². The minimum Gasteiger partial charge on any atom is -0.383 e. The van der Waals surface area contributed by atoms with Gasteiger partial charge < -0.3 is 15.4 Å². The minimum absolute atomic E-state index is 0.589. The average molecular weight is 392 g/mol. The zero-order chi connectivity index (χ0) is 19.6. The van der Waals surface area contributed by atoms with Crippen molar-refractivity contribution < 1.29 is 4.74 Å². The van der Waals surface area contributed by atoms with E-state index in [4.69, 9.17) is 21.3 Å². The van der Waals surface area contributed by atoms with Crippen molar-refractivity contribution in [2.45, 2.75) is 40.3 Å². The molecule has 0 aliphatic rings. The molecule has 1 aromatic carbocycles. The third kappa shape index (κ3) is 6.26. The van der Waals surface area contributed by atoms with Crippen molar-refractivity contribution >= 4 is 17.6 Å². The van der Waals surface area contributed by atoms with Gasteiger partial charge in [0.25, 0.3) is 0 Å². The van der Waals surface area contributed by atoms with Gasteiger partial charge in [0.05, 0.1) is 25.4 Å². The van der Waals surface area contributed by atoms with Crippen molar-refractivity contribution in [2.24, 2.45) is 4.99 Å². The Morgan fingerprint density at radius 1 is 1.26 bits per heavy atom. The molecule has 6 nitrogen and oxygen atoms in total. The van der Waals surface area contributed by atoms with Crippen molar-refractivity contribution in [3.05, 3.63) is 51.8 Å². The van der Waals surface area contributed by atoms with Gasteiger partial charge >= 0.3 is 0 Å². The van der Waals surface area contributed by atoms with Crippen LogP contribution in [0, 0.1) is 13.8 Å². The summed E-state index contributed by atoms with van der Waals surface area (Å²) < 4.78 is 7.14. The van der Waals surface area contributed by atoms with Crippen LogP contribution in [0.25, 0.3) is 0 Å². The number of guanidine groups is 1. The average Bonchev–Trinajstić information content (AvgIpc) is 2.92. The normalized spacial score (nSPS) is 11.7. The Morgan fingerprint density at radius 2 is 2.04 bits per heavy atom. The van der Waals surface area contributed by atoms with Gasteiger partial charge in [-0.05, 0) is 38.8 Å². The van der Waals surface area contributed by atoms with Crippen molar-refractivity contribution in [1.82, 2.24) is 20.4 Å². The van der Waals surface area contributed by atoms with Crippen LogP contribution in [-0.2, 0) is 24.2 Å². The molecule has 0 amide bonds. The van der Waals surface area contributed by atoms with Gasteiger partial charge in [0.15, 0.2) is 5.96 Å². The lowest BCUT2D eigenvalue weighted by atomic mass is 10.1. The first kappa shape index (κ1) is 21.3. The first-order valence-electron chi connectivity index (χ1n) is 9.34. The topological polar surface area (TPSA) is 63.5 Å². The minimum atomic E-state index is 0.589. The summed E-state index contributed by atoms with van der Waals surface area (Å²) in [6.45, 7) is 9.73. The molecular weight excluding hydrogens is 362 g/mol. The lowest BCUT2D eigenvalue weighted by Crippen LogP contribution is -2.38. The summed E-state index contributed by atoms with van der Waals surface area (Å²) in [4.78, 5) is 4.73. The van der Waals surface area contributed by atoms with Crippen molar-refractivity contribution in [3.8, 4) is 0 Å². The maximum Gasteiger partial charge on any atom is 0.191 e. The summed E-state index contributed by atoms with van der Waals surface area (Å²) in [6, 6.07) is 7.92. The van der Waals surface area contributed by atoms with Crippen LogP contribution in [0.5, 0.6) is 0 Å². The van der Waals surface area contributed by atoms with Gasteiger partial charge in [0.2, 0.25) is 0 Å². The fourth-order valence-corrected chi connectivity index (χ4v) is 3.11. The van der Waals surface area contributed by atoms with Crippen LogP contribution in [0.4, 0.5) is 0 Å². The Hall–Kier alpha value is -2.05. The van der Waals surface area contributed by atoms with Gasteiger partial charge in [0.1, 0.15) is 0 Å². The van der Waals surface area contributed by atoms with Crippen LogP contribution < -0.4 is 10.6 Å². The molecular formula is C20H30ClN5O. The molecule has 0 unspecified atom stereocenters. The number of hydrogen-bond acceptors (Lipinski definition) is 3. The van der Waals surface area contributed by atoms with Crippen LogP contribution in [-0.4, -0.2) is 42.5 Å². The molecule has 2 rings (SSSR count). The maximum atomic E-state index is 6.22. The Morgan fingerprint density at radius 3 is 2.74 bits per heavy atom. The second-order valence-electron chi connectivity index (χ2n) is 6.33. The van der Waals surface area contributed by atoms with E-state index in [0.717, 1.165) is 59.6 Å². The number of aryl methyl sites for hydroxylation is 1. The Balaban J connectivity index is 1.98. The van der Waals surface area contributed by atoms with Crippen LogP contribution in [0.1, 0.15) is 29.4 Å². The molecule has 2 N–H and O–H groups in total. The molecule has 0 spiro atoms. The molecule has 0 saturated heterocycles. The summed E-state index contributed by atoms with van der Waals surface area (Å²) >= 11 is 6.22. The van der Waals surface area contributed by atoms with Gasteiger partial charge in [-0.15, -0.1) is 0 Å². The Bertz CT molecular complexity index is 757.